The molecule has 1 fully saturated rings. The van der Waals surface area contributed by atoms with E-state index < -0.39 is 10.8 Å². The molecule has 176 valence electrons. The summed E-state index contributed by atoms with van der Waals surface area (Å²) < 4.78 is 5.22. The van der Waals surface area contributed by atoms with Gasteiger partial charge in [-0.05, 0) is 29.3 Å². The van der Waals surface area contributed by atoms with E-state index in [1.165, 1.54) is 31.0 Å². The van der Waals surface area contributed by atoms with Gasteiger partial charge in [-0.3, -0.25) is 19.8 Å². The molecule has 0 radical (unpaired) electrons. The van der Waals surface area contributed by atoms with Crippen molar-refractivity contribution in [2.75, 3.05) is 38.2 Å². The Labute approximate surface area is 198 Å². The van der Waals surface area contributed by atoms with Gasteiger partial charge in [0.2, 0.25) is 0 Å². The topological polar surface area (TPSA) is 87.9 Å². The molecule has 3 aromatic carbocycles. The third kappa shape index (κ3) is 5.52. The molecule has 1 aliphatic rings. The van der Waals surface area contributed by atoms with E-state index in [2.05, 4.69) is 45.4 Å². The highest BCUT2D eigenvalue weighted by atomic mass is 16.6. The van der Waals surface area contributed by atoms with Crippen molar-refractivity contribution in [1.29, 1.82) is 0 Å². The second-order valence-electron chi connectivity index (χ2n) is 8.19. The predicted octanol–water partition coefficient (Wildman–Crippen LogP) is 3.86. The fourth-order valence-electron chi connectivity index (χ4n) is 4.19. The fourth-order valence-corrected chi connectivity index (χ4v) is 4.19. The van der Waals surface area contributed by atoms with Gasteiger partial charge in [-0.2, -0.15) is 0 Å². The van der Waals surface area contributed by atoms with E-state index in [9.17, 15) is 14.9 Å². The number of carbonyl (C=O) groups is 1. The highest BCUT2D eigenvalue weighted by Crippen LogP contribution is 2.24. The molecule has 0 spiro atoms. The Morgan fingerprint density at radius 2 is 1.65 bits per heavy atom. The smallest absolute Gasteiger partial charge is 0.270 e. The maximum absolute atomic E-state index is 12.8. The summed E-state index contributed by atoms with van der Waals surface area (Å²) in [5.41, 5.74) is 3.42. The lowest BCUT2D eigenvalue weighted by Crippen LogP contribution is -2.46. The molecule has 1 aliphatic heterocycles. The molecule has 0 aromatic heterocycles. The van der Waals surface area contributed by atoms with Gasteiger partial charge in [0.05, 0.1) is 17.6 Å². The summed E-state index contributed by atoms with van der Waals surface area (Å²) in [7, 11) is 1.44. The van der Waals surface area contributed by atoms with Crippen molar-refractivity contribution >= 4 is 17.3 Å². The molecule has 34 heavy (non-hydrogen) atoms. The quantitative estimate of drug-likeness (QED) is 0.406. The molecule has 0 atom stereocenters. The fraction of sp³-hybridized carbons (Fsp3) is 0.269. The van der Waals surface area contributed by atoms with Crippen molar-refractivity contribution in [2.24, 2.45) is 0 Å². The number of hydrogen-bond donors (Lipinski definition) is 1. The van der Waals surface area contributed by atoms with Crippen LogP contribution in [0.25, 0.3) is 0 Å². The zero-order valence-electron chi connectivity index (χ0n) is 19.1. The Morgan fingerprint density at radius 1 is 0.971 bits per heavy atom. The summed E-state index contributed by atoms with van der Waals surface area (Å²) in [5.74, 6) is -0.112. The number of para-hydroxylation sites is 1. The Morgan fingerprint density at radius 3 is 2.32 bits per heavy atom. The first-order valence-corrected chi connectivity index (χ1v) is 11.2. The van der Waals surface area contributed by atoms with Crippen molar-refractivity contribution in [3.05, 3.63) is 99.6 Å². The molecule has 1 amide bonds. The van der Waals surface area contributed by atoms with Crippen LogP contribution in [0.1, 0.15) is 21.5 Å². The Kier molecular flexibility index (Phi) is 7.39. The summed E-state index contributed by atoms with van der Waals surface area (Å²) in [4.78, 5) is 28.2. The molecule has 1 heterocycles. The maximum atomic E-state index is 12.8. The summed E-state index contributed by atoms with van der Waals surface area (Å²) in [6.07, 6.45) is 0. The molecule has 0 aliphatic carbocycles. The van der Waals surface area contributed by atoms with E-state index >= 15 is 0 Å². The van der Waals surface area contributed by atoms with Gasteiger partial charge in [-0.15, -0.1) is 0 Å². The Bertz CT molecular complexity index is 1140. The average molecular weight is 461 g/mol. The number of benzene rings is 3. The van der Waals surface area contributed by atoms with Crippen LogP contribution in [0.4, 0.5) is 11.4 Å². The summed E-state index contributed by atoms with van der Waals surface area (Å²) in [6, 6.07) is 22.5. The molecular formula is C26H28N4O4. The van der Waals surface area contributed by atoms with Crippen LogP contribution in [0.15, 0.2) is 72.8 Å². The number of rotatable bonds is 8. The van der Waals surface area contributed by atoms with Crippen molar-refractivity contribution in [1.82, 2.24) is 10.2 Å². The molecule has 8 nitrogen and oxygen atoms in total. The highest BCUT2D eigenvalue weighted by molar-refractivity contribution is 5.97. The molecule has 4 rings (SSSR count). The molecule has 1 N–H and O–H groups in total. The number of anilines is 1. The van der Waals surface area contributed by atoms with Gasteiger partial charge in [0, 0.05) is 57.1 Å². The summed E-state index contributed by atoms with van der Waals surface area (Å²) in [5, 5.41) is 14.0. The van der Waals surface area contributed by atoms with Crippen LogP contribution >= 0.6 is 0 Å². The van der Waals surface area contributed by atoms with Gasteiger partial charge in [0.15, 0.2) is 0 Å². The number of hydrogen-bond acceptors (Lipinski definition) is 6. The van der Waals surface area contributed by atoms with Crippen molar-refractivity contribution in [2.45, 2.75) is 13.1 Å². The molecule has 3 aromatic rings. The number of non-ortho nitro benzene ring substituents is 1. The number of methoxy groups -OCH3 is 1. The van der Waals surface area contributed by atoms with Crippen molar-refractivity contribution in [3.63, 3.8) is 0 Å². The lowest BCUT2D eigenvalue weighted by Gasteiger charge is -2.36. The highest BCUT2D eigenvalue weighted by Gasteiger charge is 2.20. The number of nitro benzene ring substituents is 1. The van der Waals surface area contributed by atoms with Crippen LogP contribution in [0.5, 0.6) is 5.75 Å². The Balaban J connectivity index is 1.38. The van der Waals surface area contributed by atoms with Gasteiger partial charge in [0.1, 0.15) is 5.75 Å². The van der Waals surface area contributed by atoms with Crippen LogP contribution < -0.4 is 15.0 Å². The minimum absolute atomic E-state index is 0.145. The monoisotopic (exact) mass is 460 g/mol. The first-order chi connectivity index (χ1) is 16.5. The molecule has 1 saturated heterocycles. The van der Waals surface area contributed by atoms with Gasteiger partial charge in [-0.1, -0.05) is 42.5 Å². The van der Waals surface area contributed by atoms with Crippen LogP contribution in [-0.2, 0) is 13.1 Å². The zero-order valence-corrected chi connectivity index (χ0v) is 19.1. The first kappa shape index (κ1) is 23.3. The summed E-state index contributed by atoms with van der Waals surface area (Å²) >= 11 is 0. The van der Waals surface area contributed by atoms with Crippen molar-refractivity contribution < 1.29 is 14.5 Å². The standard InChI is InChI=1S/C26H28N4O4/c1-34-25-12-11-23(30(32)33)17-24(25)26(31)27-18-20-7-5-6-8-21(20)19-28-13-15-29(16-14-28)22-9-3-2-4-10-22/h2-12,17H,13-16,18-19H2,1H3,(H,27,31). The Hall–Kier alpha value is -3.91. The minimum atomic E-state index is -0.525. The molecule has 0 saturated carbocycles. The van der Waals surface area contributed by atoms with E-state index in [4.69, 9.17) is 4.74 Å². The first-order valence-electron chi connectivity index (χ1n) is 11.2. The number of amides is 1. The van der Waals surface area contributed by atoms with Crippen molar-refractivity contribution in [3.8, 4) is 5.75 Å². The zero-order chi connectivity index (χ0) is 23.9. The normalized spacial score (nSPS) is 14.0. The van der Waals surface area contributed by atoms with E-state index in [1.807, 2.05) is 24.3 Å². The molecular weight excluding hydrogens is 432 g/mol. The van der Waals surface area contributed by atoms with E-state index in [1.54, 1.807) is 0 Å². The average Bonchev–Trinajstić information content (AvgIpc) is 2.88. The second kappa shape index (κ2) is 10.8. The largest absolute Gasteiger partial charge is 0.496 e. The lowest BCUT2D eigenvalue weighted by atomic mass is 10.1. The van der Waals surface area contributed by atoms with Crippen LogP contribution in [0.3, 0.4) is 0 Å². The van der Waals surface area contributed by atoms with Gasteiger partial charge < -0.3 is 15.0 Å². The maximum Gasteiger partial charge on any atom is 0.270 e. The lowest BCUT2D eigenvalue weighted by molar-refractivity contribution is -0.384. The van der Waals surface area contributed by atoms with Crippen LogP contribution in [0, 0.1) is 10.1 Å². The SMILES string of the molecule is COc1ccc([N+](=O)[O-])cc1C(=O)NCc1ccccc1CN1CCN(c2ccccc2)CC1. The second-order valence-corrected chi connectivity index (χ2v) is 8.19. The van der Waals surface area contributed by atoms with E-state index in [-0.39, 0.29) is 11.3 Å². The van der Waals surface area contributed by atoms with Gasteiger partial charge in [0.25, 0.3) is 11.6 Å². The third-order valence-corrected chi connectivity index (χ3v) is 6.08. The number of nitro groups is 1. The van der Waals surface area contributed by atoms with Gasteiger partial charge in [-0.25, -0.2) is 0 Å². The predicted molar refractivity (Wildman–Crippen MR) is 131 cm³/mol. The number of nitrogens with one attached hydrogen (secondary N) is 1. The van der Waals surface area contributed by atoms with Crippen LogP contribution in [-0.4, -0.2) is 49.0 Å². The molecule has 0 bridgehead atoms. The number of ether oxygens (including phenoxy) is 1. The number of nitrogens with zero attached hydrogens (tertiary/aromatic N) is 3. The van der Waals surface area contributed by atoms with E-state index in [0.717, 1.165) is 43.9 Å². The number of carbonyl (C=O) groups excluding carboxylic acids is 1. The number of piperazine rings is 1. The third-order valence-electron chi connectivity index (χ3n) is 6.08. The van der Waals surface area contributed by atoms with Gasteiger partial charge >= 0.3 is 0 Å². The minimum Gasteiger partial charge on any atom is -0.496 e. The molecule has 8 heteroatoms. The van der Waals surface area contributed by atoms with E-state index in [0.29, 0.717) is 12.3 Å². The van der Waals surface area contributed by atoms with Crippen LogP contribution in [0.2, 0.25) is 0 Å². The summed E-state index contributed by atoms with van der Waals surface area (Å²) in [6.45, 7) is 4.98. The molecule has 0 unspecified atom stereocenters.